The molecule has 50 valence electrons. The van der Waals surface area contributed by atoms with E-state index in [0.717, 1.165) is 4.57 Å². The second-order valence-electron chi connectivity index (χ2n) is 1.85. The van der Waals surface area contributed by atoms with Gasteiger partial charge >= 0.3 is 0 Å². The molecule has 0 atom stereocenters. The van der Waals surface area contributed by atoms with Crippen LogP contribution in [0.25, 0.3) is 11.2 Å². The van der Waals surface area contributed by atoms with Gasteiger partial charge in [0.05, 0.1) is 12.5 Å². The van der Waals surface area contributed by atoms with E-state index in [9.17, 15) is 0 Å². The van der Waals surface area contributed by atoms with Gasteiger partial charge in [0.25, 0.3) is 0 Å². The average molecular weight is 137 g/mol. The van der Waals surface area contributed by atoms with Crippen molar-refractivity contribution >= 4 is 11.2 Å². The van der Waals surface area contributed by atoms with Gasteiger partial charge in [-0.2, -0.15) is 0 Å². The van der Waals surface area contributed by atoms with Gasteiger partial charge in [-0.15, -0.1) is 0 Å². The molecule has 0 unspecified atom stereocenters. The van der Waals surface area contributed by atoms with E-state index in [1.807, 2.05) is 0 Å². The van der Waals surface area contributed by atoms with E-state index >= 15 is 0 Å². The van der Waals surface area contributed by atoms with Gasteiger partial charge in [-0.05, 0) is 0 Å². The standard InChI is InChI=1S/C6H6N4/c1-10-4-9-6-5(10)2-7-3-8-6/h2-4H,1H3/i1D3. The van der Waals surface area contributed by atoms with E-state index in [1.165, 1.54) is 18.9 Å². The predicted octanol–water partition coefficient (Wildman–Crippen LogP) is 0.363. The first-order valence-electron chi connectivity index (χ1n) is 4.22. The summed E-state index contributed by atoms with van der Waals surface area (Å²) in [7, 11) is 0. The molecule has 2 heterocycles. The van der Waals surface area contributed by atoms with Crippen LogP contribution in [0.4, 0.5) is 0 Å². The lowest BCUT2D eigenvalue weighted by Gasteiger charge is -1.88. The summed E-state index contributed by atoms with van der Waals surface area (Å²) in [5.41, 5.74) is 0.814. The highest BCUT2D eigenvalue weighted by Gasteiger charge is 1.96. The van der Waals surface area contributed by atoms with E-state index in [1.54, 1.807) is 0 Å². The molecule has 0 amide bonds. The molecule has 0 aromatic carbocycles. The molecule has 0 aliphatic carbocycles. The quantitative estimate of drug-likeness (QED) is 0.526. The lowest BCUT2D eigenvalue weighted by molar-refractivity contribution is 0.944. The Kier molecular flexibility index (Phi) is 0.546. The number of hydrogen-bond acceptors (Lipinski definition) is 3. The third-order valence-corrected chi connectivity index (χ3v) is 1.23. The smallest absolute Gasteiger partial charge is 0.180 e. The Labute approximate surface area is 61.8 Å². The monoisotopic (exact) mass is 137 g/mol. The zero-order chi connectivity index (χ0) is 9.47. The third-order valence-electron chi connectivity index (χ3n) is 1.23. The normalized spacial score (nSPS) is 16.2. The van der Waals surface area contributed by atoms with E-state index in [4.69, 9.17) is 4.11 Å². The first kappa shape index (κ1) is 3.09. The van der Waals surface area contributed by atoms with E-state index in [-0.39, 0.29) is 0 Å². The van der Waals surface area contributed by atoms with Crippen LogP contribution in [0.2, 0.25) is 0 Å². The number of aryl methyl sites for hydroxylation is 1. The Bertz CT molecular complexity index is 433. The molecule has 2 aromatic heterocycles. The maximum Gasteiger partial charge on any atom is 0.180 e. The van der Waals surface area contributed by atoms with Crippen LogP contribution in [-0.4, -0.2) is 19.5 Å². The van der Waals surface area contributed by atoms with Gasteiger partial charge in [-0.3, -0.25) is 0 Å². The molecule has 0 radical (unpaired) electrons. The fourth-order valence-corrected chi connectivity index (χ4v) is 0.760. The first-order chi connectivity index (χ1) is 6.09. The minimum atomic E-state index is -2.22. The van der Waals surface area contributed by atoms with Crippen molar-refractivity contribution in [1.29, 1.82) is 0 Å². The summed E-state index contributed by atoms with van der Waals surface area (Å²) in [5, 5.41) is 0. The summed E-state index contributed by atoms with van der Waals surface area (Å²) in [6.45, 7) is -2.22. The van der Waals surface area contributed by atoms with Crippen molar-refractivity contribution in [2.24, 2.45) is 6.98 Å². The minimum absolute atomic E-state index is 0.395. The second kappa shape index (κ2) is 1.76. The van der Waals surface area contributed by atoms with Crippen molar-refractivity contribution in [3.05, 3.63) is 18.9 Å². The number of nitrogens with zero attached hydrogens (tertiary/aromatic N) is 4. The average Bonchev–Trinajstić information content (AvgIpc) is 2.45. The van der Waals surface area contributed by atoms with Crippen LogP contribution in [0.15, 0.2) is 18.9 Å². The van der Waals surface area contributed by atoms with Crippen LogP contribution >= 0.6 is 0 Å². The SMILES string of the molecule is [2H]C([2H])([2H])n1cnc2ncncc21. The maximum atomic E-state index is 7.17. The van der Waals surface area contributed by atoms with Gasteiger partial charge in [-0.1, -0.05) is 0 Å². The molecule has 0 bridgehead atoms. The maximum absolute atomic E-state index is 7.17. The van der Waals surface area contributed by atoms with Crippen molar-refractivity contribution in [1.82, 2.24) is 19.5 Å². The highest BCUT2D eigenvalue weighted by atomic mass is 15.1. The molecular formula is C6H6N4. The summed E-state index contributed by atoms with van der Waals surface area (Å²) >= 11 is 0. The Balaban J connectivity index is 2.72. The molecule has 0 aliphatic rings. The van der Waals surface area contributed by atoms with Gasteiger partial charge in [0, 0.05) is 11.1 Å². The highest BCUT2D eigenvalue weighted by molar-refractivity contribution is 5.68. The molecular weight excluding hydrogens is 128 g/mol. The molecule has 0 aliphatic heterocycles. The molecule has 0 fully saturated rings. The summed E-state index contributed by atoms with van der Waals surface area (Å²) in [6.07, 6.45) is 4.01. The van der Waals surface area contributed by atoms with Crippen LogP contribution in [0.1, 0.15) is 4.11 Å². The van der Waals surface area contributed by atoms with E-state index < -0.39 is 6.98 Å². The lowest BCUT2D eigenvalue weighted by atomic mass is 10.5. The molecule has 2 aromatic rings. The minimum Gasteiger partial charge on any atom is -0.331 e. The molecule has 2 rings (SSSR count). The number of hydrogen-bond donors (Lipinski definition) is 0. The Morgan fingerprint density at radius 3 is 3.50 bits per heavy atom. The molecule has 10 heavy (non-hydrogen) atoms. The molecule has 0 N–H and O–H groups in total. The fraction of sp³-hybridized carbons (Fsp3) is 0.167. The Morgan fingerprint density at radius 1 is 1.60 bits per heavy atom. The molecule has 4 heteroatoms. The van der Waals surface area contributed by atoms with Gasteiger partial charge in [0.15, 0.2) is 5.65 Å². The topological polar surface area (TPSA) is 43.6 Å². The van der Waals surface area contributed by atoms with Gasteiger partial charge in [0.2, 0.25) is 0 Å². The summed E-state index contributed by atoms with van der Waals surface area (Å²) in [6, 6.07) is 0. The third kappa shape index (κ3) is 0.586. The number of fused-ring (bicyclic) bond motifs is 1. The molecule has 0 saturated carbocycles. The largest absolute Gasteiger partial charge is 0.331 e. The number of imidazole rings is 1. The Hall–Kier alpha value is -1.45. The van der Waals surface area contributed by atoms with E-state index in [2.05, 4.69) is 15.0 Å². The molecule has 4 nitrogen and oxygen atoms in total. The molecule has 0 spiro atoms. The van der Waals surface area contributed by atoms with Gasteiger partial charge < -0.3 is 4.57 Å². The Morgan fingerprint density at radius 2 is 2.60 bits per heavy atom. The number of aromatic nitrogens is 4. The fourth-order valence-electron chi connectivity index (χ4n) is 0.760. The van der Waals surface area contributed by atoms with Crippen LogP contribution in [0.5, 0.6) is 0 Å². The van der Waals surface area contributed by atoms with Crippen LogP contribution in [-0.2, 0) is 6.98 Å². The van der Waals surface area contributed by atoms with Gasteiger partial charge in [0.1, 0.15) is 11.8 Å². The van der Waals surface area contributed by atoms with Crippen LogP contribution in [0, 0.1) is 0 Å². The molecule has 0 saturated heterocycles. The van der Waals surface area contributed by atoms with Crippen molar-refractivity contribution in [3.8, 4) is 0 Å². The highest BCUT2D eigenvalue weighted by Crippen LogP contribution is 2.03. The van der Waals surface area contributed by atoms with Crippen molar-refractivity contribution in [2.75, 3.05) is 0 Å². The summed E-state index contributed by atoms with van der Waals surface area (Å²) in [4.78, 5) is 11.4. The summed E-state index contributed by atoms with van der Waals surface area (Å²) < 4.78 is 22.6. The number of rotatable bonds is 0. The first-order valence-corrected chi connectivity index (χ1v) is 2.72. The van der Waals surface area contributed by atoms with E-state index in [0.29, 0.717) is 11.2 Å². The van der Waals surface area contributed by atoms with Crippen LogP contribution < -0.4 is 0 Å². The van der Waals surface area contributed by atoms with Crippen molar-refractivity contribution < 1.29 is 4.11 Å². The van der Waals surface area contributed by atoms with Crippen molar-refractivity contribution in [2.45, 2.75) is 0 Å². The lowest BCUT2D eigenvalue weighted by Crippen LogP contribution is -1.85. The zero-order valence-electron chi connectivity index (χ0n) is 8.02. The van der Waals surface area contributed by atoms with Crippen LogP contribution in [0.3, 0.4) is 0 Å². The predicted molar refractivity (Wildman–Crippen MR) is 36.3 cm³/mol. The van der Waals surface area contributed by atoms with Gasteiger partial charge in [-0.25, -0.2) is 15.0 Å². The van der Waals surface area contributed by atoms with Crippen molar-refractivity contribution in [3.63, 3.8) is 0 Å². The zero-order valence-corrected chi connectivity index (χ0v) is 5.02. The summed E-state index contributed by atoms with van der Waals surface area (Å²) in [5.74, 6) is 0. The second-order valence-corrected chi connectivity index (χ2v) is 1.85.